The Balaban J connectivity index is 0.00000338. The fourth-order valence-corrected chi connectivity index (χ4v) is 3.32. The van der Waals surface area contributed by atoms with Crippen molar-refractivity contribution in [2.45, 2.75) is 25.7 Å². The van der Waals surface area contributed by atoms with Crippen molar-refractivity contribution in [3.63, 3.8) is 0 Å². The molecular formula is C17H16KNO6S. The molecule has 0 spiro atoms. The first-order valence-corrected chi connectivity index (χ1v) is 8.64. The summed E-state index contributed by atoms with van der Waals surface area (Å²) in [5.41, 5.74) is 0.0207. The van der Waals surface area contributed by atoms with E-state index in [9.17, 15) is 28.2 Å². The quantitative estimate of drug-likeness (QED) is 0.700. The van der Waals surface area contributed by atoms with Gasteiger partial charge in [-0.2, -0.15) is 0 Å². The van der Waals surface area contributed by atoms with E-state index in [0.717, 1.165) is 5.56 Å². The Bertz CT molecular complexity index is 968. The van der Waals surface area contributed by atoms with Gasteiger partial charge in [-0.05, 0) is 50.1 Å². The first-order valence-electron chi connectivity index (χ1n) is 7.20. The number of rotatable bonds is 5. The number of aryl methyl sites for hydroxylation is 2. The van der Waals surface area contributed by atoms with Gasteiger partial charge < -0.3 is 14.9 Å². The molecule has 0 aromatic heterocycles. The van der Waals surface area contributed by atoms with E-state index in [1.807, 2.05) is 0 Å². The minimum absolute atomic E-state index is 0. The van der Waals surface area contributed by atoms with Gasteiger partial charge in [-0.1, -0.05) is 23.4 Å². The first kappa shape index (κ1) is 22.8. The van der Waals surface area contributed by atoms with Gasteiger partial charge in [-0.15, -0.1) is 0 Å². The maximum absolute atomic E-state index is 12.5. The van der Waals surface area contributed by atoms with Crippen LogP contribution in [-0.4, -0.2) is 30.6 Å². The molecule has 0 atom stereocenters. The summed E-state index contributed by atoms with van der Waals surface area (Å²) in [6, 6.07) is 7.01. The second kappa shape index (κ2) is 8.64. The normalized spacial score (nSPS) is 10.7. The van der Waals surface area contributed by atoms with Gasteiger partial charge in [0.1, 0.15) is 10.0 Å². The molecule has 132 valence electrons. The molecular weight excluding hydrogens is 385 g/mol. The number of carbonyl (C=O) groups is 2. The van der Waals surface area contributed by atoms with E-state index in [2.05, 4.69) is 4.72 Å². The summed E-state index contributed by atoms with van der Waals surface area (Å²) < 4.78 is 28.6. The summed E-state index contributed by atoms with van der Waals surface area (Å²) in [6.45, 7) is 4.80. The minimum atomic E-state index is -4.27. The van der Waals surface area contributed by atoms with Gasteiger partial charge in [0.15, 0.2) is 0 Å². The van der Waals surface area contributed by atoms with Crippen molar-refractivity contribution < 1.29 is 79.6 Å². The van der Waals surface area contributed by atoms with Crippen molar-refractivity contribution in [3.8, 4) is 0 Å². The van der Waals surface area contributed by atoms with Gasteiger partial charge in [-0.3, -0.25) is 0 Å². The van der Waals surface area contributed by atoms with Gasteiger partial charge in [0.05, 0.1) is 4.90 Å². The average Bonchev–Trinajstić information content (AvgIpc) is 2.50. The van der Waals surface area contributed by atoms with E-state index < -0.39 is 38.8 Å². The van der Waals surface area contributed by atoms with E-state index in [1.165, 1.54) is 25.1 Å². The van der Waals surface area contributed by atoms with Gasteiger partial charge in [0.25, 0.3) is 0 Å². The summed E-state index contributed by atoms with van der Waals surface area (Å²) in [7, 11) is -4.27. The molecule has 0 aliphatic heterocycles. The molecule has 2 aromatic carbocycles. The zero-order chi connectivity index (χ0) is 18.9. The van der Waals surface area contributed by atoms with Crippen LogP contribution in [0.15, 0.2) is 35.2 Å². The summed E-state index contributed by atoms with van der Waals surface area (Å²) in [5, 5.41) is 18.8. The number of hydrogen-bond donors (Lipinski definition) is 2. The molecule has 0 bridgehead atoms. The molecule has 0 heterocycles. The SMILES string of the molecule is Cc1ccc(S(=O)(=O)[N-]c2c(C(=O)O)cc(C)c(C)c2C(=O)O)cc1.[K+]. The molecule has 0 saturated heterocycles. The van der Waals surface area contributed by atoms with Gasteiger partial charge >= 0.3 is 63.3 Å². The van der Waals surface area contributed by atoms with Crippen molar-refractivity contribution in [3.05, 3.63) is 62.9 Å². The van der Waals surface area contributed by atoms with Gasteiger partial charge in [0, 0.05) is 11.1 Å². The fraction of sp³-hybridized carbons (Fsp3) is 0.176. The van der Waals surface area contributed by atoms with Crippen molar-refractivity contribution in [1.82, 2.24) is 0 Å². The minimum Gasteiger partial charge on any atom is -0.571 e. The molecule has 0 saturated carbocycles. The molecule has 0 aliphatic carbocycles. The van der Waals surface area contributed by atoms with Crippen LogP contribution < -0.4 is 51.4 Å². The molecule has 26 heavy (non-hydrogen) atoms. The summed E-state index contributed by atoms with van der Waals surface area (Å²) in [5.74, 6) is -2.90. The van der Waals surface area contributed by atoms with E-state index in [4.69, 9.17) is 0 Å². The molecule has 7 nitrogen and oxygen atoms in total. The zero-order valence-corrected chi connectivity index (χ0v) is 18.7. The number of nitrogens with zero attached hydrogens (tertiary/aromatic N) is 1. The van der Waals surface area contributed by atoms with Crippen LogP contribution in [0.3, 0.4) is 0 Å². The van der Waals surface area contributed by atoms with E-state index in [-0.39, 0.29) is 61.8 Å². The van der Waals surface area contributed by atoms with Crippen LogP contribution in [0.4, 0.5) is 5.69 Å². The third kappa shape index (κ3) is 4.73. The molecule has 9 heteroatoms. The van der Waals surface area contributed by atoms with Crippen LogP contribution in [-0.2, 0) is 10.0 Å². The average molecular weight is 401 g/mol. The fourth-order valence-electron chi connectivity index (χ4n) is 2.31. The van der Waals surface area contributed by atoms with Crippen LogP contribution in [0.25, 0.3) is 4.72 Å². The Morgan fingerprint density at radius 3 is 1.96 bits per heavy atom. The number of benzene rings is 2. The molecule has 0 radical (unpaired) electrons. The second-order valence-electron chi connectivity index (χ2n) is 5.58. The Hall–Kier alpha value is -1.23. The van der Waals surface area contributed by atoms with Gasteiger partial charge in [-0.25, -0.2) is 18.0 Å². The zero-order valence-electron chi connectivity index (χ0n) is 14.8. The third-order valence-electron chi connectivity index (χ3n) is 3.79. The monoisotopic (exact) mass is 401 g/mol. The summed E-state index contributed by atoms with van der Waals surface area (Å²) >= 11 is 0. The topological polar surface area (TPSA) is 123 Å². The number of hydrogen-bond acceptors (Lipinski definition) is 4. The number of sulfonamides is 1. The standard InChI is InChI=1S/C17H16NO6S.K/c1-9-4-6-12(7-5-9)25(23,24)18-15-13(16(19)20)8-10(2)11(3)14(15)17(21)22;/h4-8H,1-3H3,(H,19,20)(H,21,22);/q-1;+1. The summed E-state index contributed by atoms with van der Waals surface area (Å²) in [6.07, 6.45) is 0. The van der Waals surface area contributed by atoms with Crippen molar-refractivity contribution in [1.29, 1.82) is 0 Å². The van der Waals surface area contributed by atoms with Crippen molar-refractivity contribution >= 4 is 27.6 Å². The number of carboxylic acids is 2. The molecule has 0 unspecified atom stereocenters. The molecule has 0 fully saturated rings. The van der Waals surface area contributed by atoms with Crippen LogP contribution in [0.5, 0.6) is 0 Å². The molecule has 2 rings (SSSR count). The number of carboxylic acid groups (broad SMARTS) is 2. The van der Waals surface area contributed by atoms with E-state index >= 15 is 0 Å². The predicted molar refractivity (Wildman–Crippen MR) is 91.2 cm³/mol. The second-order valence-corrected chi connectivity index (χ2v) is 7.18. The first-order chi connectivity index (χ1) is 11.5. The Morgan fingerprint density at radius 1 is 0.962 bits per heavy atom. The van der Waals surface area contributed by atoms with E-state index in [1.54, 1.807) is 26.0 Å². The molecule has 0 amide bonds. The van der Waals surface area contributed by atoms with E-state index in [0.29, 0.717) is 5.56 Å². The smallest absolute Gasteiger partial charge is 0.571 e. The Morgan fingerprint density at radius 2 is 1.50 bits per heavy atom. The van der Waals surface area contributed by atoms with Crippen LogP contribution in [0, 0.1) is 20.8 Å². The van der Waals surface area contributed by atoms with Crippen LogP contribution in [0.2, 0.25) is 0 Å². The Labute approximate surface area is 193 Å². The van der Waals surface area contributed by atoms with Crippen LogP contribution >= 0.6 is 0 Å². The predicted octanol–water partition coefficient (Wildman–Crippen LogP) is 0.406. The maximum Gasteiger partial charge on any atom is 1.00 e. The number of aromatic carboxylic acids is 2. The third-order valence-corrected chi connectivity index (χ3v) is 5.08. The van der Waals surface area contributed by atoms with Crippen LogP contribution in [0.1, 0.15) is 37.4 Å². The molecule has 0 aliphatic rings. The maximum atomic E-state index is 12.5. The molecule has 2 aromatic rings. The molecule has 2 N–H and O–H groups in total. The Kier molecular flexibility index (Phi) is 7.58. The largest absolute Gasteiger partial charge is 1.00 e. The van der Waals surface area contributed by atoms with Crippen molar-refractivity contribution in [2.75, 3.05) is 0 Å². The summed E-state index contributed by atoms with van der Waals surface area (Å²) in [4.78, 5) is 22.9. The van der Waals surface area contributed by atoms with Crippen molar-refractivity contribution in [2.24, 2.45) is 0 Å². The van der Waals surface area contributed by atoms with Gasteiger partial charge in [0.2, 0.25) is 0 Å².